The Balaban J connectivity index is 2.07. The van der Waals surface area contributed by atoms with Crippen molar-refractivity contribution in [1.82, 2.24) is 20.2 Å². The van der Waals surface area contributed by atoms with E-state index in [4.69, 9.17) is 0 Å². The number of aliphatic carboxylic acids is 1. The SMILES string of the molecule is CCC1CCC(C(=O)O)C(Cc2nnn(C)n2)C1. The Morgan fingerprint density at radius 3 is 2.83 bits per heavy atom. The molecule has 1 aromatic rings. The molecule has 1 N–H and O–H groups in total. The third kappa shape index (κ3) is 2.86. The Labute approximate surface area is 106 Å². The first-order valence-corrected chi connectivity index (χ1v) is 6.55. The Morgan fingerprint density at radius 2 is 2.28 bits per heavy atom. The van der Waals surface area contributed by atoms with Gasteiger partial charge in [0.15, 0.2) is 5.82 Å². The van der Waals surface area contributed by atoms with Gasteiger partial charge in [-0.15, -0.1) is 10.2 Å². The number of carboxylic acid groups (broad SMARTS) is 1. The van der Waals surface area contributed by atoms with E-state index in [1.807, 2.05) is 0 Å². The summed E-state index contributed by atoms with van der Waals surface area (Å²) in [5, 5.41) is 21.2. The highest BCUT2D eigenvalue weighted by atomic mass is 16.4. The minimum absolute atomic E-state index is 0.144. The smallest absolute Gasteiger partial charge is 0.306 e. The summed E-state index contributed by atoms with van der Waals surface area (Å²) in [7, 11) is 1.72. The van der Waals surface area contributed by atoms with E-state index in [1.54, 1.807) is 7.05 Å². The Hall–Kier alpha value is -1.46. The lowest BCUT2D eigenvalue weighted by Crippen LogP contribution is -2.32. The zero-order valence-corrected chi connectivity index (χ0v) is 10.9. The van der Waals surface area contributed by atoms with Crippen molar-refractivity contribution in [1.29, 1.82) is 0 Å². The van der Waals surface area contributed by atoms with E-state index in [9.17, 15) is 9.90 Å². The van der Waals surface area contributed by atoms with Crippen LogP contribution in [0.25, 0.3) is 0 Å². The van der Waals surface area contributed by atoms with Crippen LogP contribution in [0.4, 0.5) is 0 Å². The van der Waals surface area contributed by atoms with Crippen LogP contribution in [0.3, 0.4) is 0 Å². The molecule has 0 aliphatic heterocycles. The van der Waals surface area contributed by atoms with Gasteiger partial charge < -0.3 is 5.11 Å². The van der Waals surface area contributed by atoms with Gasteiger partial charge in [-0.1, -0.05) is 13.3 Å². The molecule has 6 heteroatoms. The summed E-state index contributed by atoms with van der Waals surface area (Å²) < 4.78 is 0. The fraction of sp³-hybridized carbons (Fsp3) is 0.833. The molecule has 3 unspecified atom stereocenters. The molecule has 0 bridgehead atoms. The normalized spacial score (nSPS) is 28.2. The average Bonchev–Trinajstić information content (AvgIpc) is 2.74. The Bertz CT molecular complexity index is 418. The number of rotatable bonds is 4. The second-order valence-corrected chi connectivity index (χ2v) is 5.19. The molecule has 1 aliphatic rings. The topological polar surface area (TPSA) is 80.9 Å². The summed E-state index contributed by atoms with van der Waals surface area (Å²) in [5.41, 5.74) is 0. The fourth-order valence-electron chi connectivity index (χ4n) is 2.92. The average molecular weight is 252 g/mol. The van der Waals surface area contributed by atoms with Gasteiger partial charge in [0.2, 0.25) is 0 Å². The molecule has 1 heterocycles. The molecule has 0 saturated heterocycles. The zero-order chi connectivity index (χ0) is 13.1. The van der Waals surface area contributed by atoms with Crippen LogP contribution in [0.15, 0.2) is 0 Å². The van der Waals surface area contributed by atoms with Crippen molar-refractivity contribution in [2.75, 3.05) is 0 Å². The van der Waals surface area contributed by atoms with E-state index < -0.39 is 5.97 Å². The predicted molar refractivity (Wildman–Crippen MR) is 64.7 cm³/mol. The summed E-state index contributed by atoms with van der Waals surface area (Å²) in [6.45, 7) is 2.17. The highest BCUT2D eigenvalue weighted by molar-refractivity contribution is 5.70. The van der Waals surface area contributed by atoms with Crippen LogP contribution in [0.2, 0.25) is 0 Å². The largest absolute Gasteiger partial charge is 0.481 e. The lowest BCUT2D eigenvalue weighted by molar-refractivity contribution is -0.145. The van der Waals surface area contributed by atoms with Crippen molar-refractivity contribution < 1.29 is 9.90 Å². The van der Waals surface area contributed by atoms with E-state index in [0.717, 1.165) is 25.7 Å². The van der Waals surface area contributed by atoms with Crippen LogP contribution in [-0.2, 0) is 18.3 Å². The quantitative estimate of drug-likeness (QED) is 0.873. The van der Waals surface area contributed by atoms with Gasteiger partial charge in [-0.3, -0.25) is 4.79 Å². The second-order valence-electron chi connectivity index (χ2n) is 5.19. The molecule has 1 saturated carbocycles. The minimum atomic E-state index is -0.682. The van der Waals surface area contributed by atoms with Crippen LogP contribution in [0.5, 0.6) is 0 Å². The van der Waals surface area contributed by atoms with Gasteiger partial charge >= 0.3 is 5.97 Å². The van der Waals surface area contributed by atoms with E-state index in [-0.39, 0.29) is 11.8 Å². The van der Waals surface area contributed by atoms with E-state index in [2.05, 4.69) is 22.3 Å². The lowest BCUT2D eigenvalue weighted by atomic mass is 9.72. The molecule has 0 amide bonds. The molecule has 1 aromatic heterocycles. The van der Waals surface area contributed by atoms with Crippen molar-refractivity contribution >= 4 is 5.97 Å². The molecule has 0 spiro atoms. The first-order valence-electron chi connectivity index (χ1n) is 6.55. The summed E-state index contributed by atoms with van der Waals surface area (Å²) in [6.07, 6.45) is 4.51. The highest BCUT2D eigenvalue weighted by Gasteiger charge is 2.35. The number of tetrazole rings is 1. The standard InChI is InChI=1S/C12H20N4O2/c1-3-8-4-5-10(12(17)18)9(6-8)7-11-13-15-16(2)14-11/h8-10H,3-7H2,1-2H3,(H,17,18). The number of hydrogen-bond donors (Lipinski definition) is 1. The summed E-state index contributed by atoms with van der Waals surface area (Å²) in [5.74, 6) is 0.508. The minimum Gasteiger partial charge on any atom is -0.481 e. The van der Waals surface area contributed by atoms with Gasteiger partial charge in [-0.2, -0.15) is 4.80 Å². The van der Waals surface area contributed by atoms with Crippen LogP contribution < -0.4 is 0 Å². The summed E-state index contributed by atoms with van der Waals surface area (Å²) in [6, 6.07) is 0. The van der Waals surface area contributed by atoms with E-state index in [1.165, 1.54) is 4.80 Å². The summed E-state index contributed by atoms with van der Waals surface area (Å²) >= 11 is 0. The van der Waals surface area contributed by atoms with Crippen molar-refractivity contribution in [2.24, 2.45) is 24.8 Å². The number of aromatic nitrogens is 4. The van der Waals surface area contributed by atoms with Crippen LogP contribution in [0, 0.1) is 17.8 Å². The molecule has 100 valence electrons. The number of nitrogens with zero attached hydrogens (tertiary/aromatic N) is 4. The number of aryl methyl sites for hydroxylation is 1. The van der Waals surface area contributed by atoms with Crippen molar-refractivity contribution in [3.05, 3.63) is 5.82 Å². The number of carbonyl (C=O) groups is 1. The van der Waals surface area contributed by atoms with Crippen LogP contribution in [0.1, 0.15) is 38.4 Å². The zero-order valence-electron chi connectivity index (χ0n) is 10.9. The Morgan fingerprint density at radius 1 is 1.50 bits per heavy atom. The van der Waals surface area contributed by atoms with Crippen LogP contribution >= 0.6 is 0 Å². The molecule has 2 rings (SSSR count). The van der Waals surface area contributed by atoms with E-state index >= 15 is 0 Å². The van der Waals surface area contributed by atoms with Crippen molar-refractivity contribution in [3.63, 3.8) is 0 Å². The Kier molecular flexibility index (Phi) is 3.93. The van der Waals surface area contributed by atoms with Crippen molar-refractivity contribution in [3.8, 4) is 0 Å². The van der Waals surface area contributed by atoms with Gasteiger partial charge in [0.25, 0.3) is 0 Å². The molecule has 0 radical (unpaired) electrons. The van der Waals surface area contributed by atoms with Gasteiger partial charge in [0, 0.05) is 6.42 Å². The van der Waals surface area contributed by atoms with Crippen molar-refractivity contribution in [2.45, 2.75) is 39.0 Å². The van der Waals surface area contributed by atoms with Crippen LogP contribution in [-0.4, -0.2) is 31.3 Å². The molecule has 0 aromatic carbocycles. The monoisotopic (exact) mass is 252 g/mol. The molecule has 1 aliphatic carbocycles. The molecule has 6 nitrogen and oxygen atoms in total. The summed E-state index contributed by atoms with van der Waals surface area (Å²) in [4.78, 5) is 12.7. The first kappa shape index (κ1) is 13.0. The maximum Gasteiger partial charge on any atom is 0.306 e. The van der Waals surface area contributed by atoms with Gasteiger partial charge in [-0.25, -0.2) is 0 Å². The van der Waals surface area contributed by atoms with Gasteiger partial charge in [0.1, 0.15) is 0 Å². The molecule has 18 heavy (non-hydrogen) atoms. The highest BCUT2D eigenvalue weighted by Crippen LogP contribution is 2.37. The third-order valence-corrected chi connectivity index (χ3v) is 3.98. The fourth-order valence-corrected chi connectivity index (χ4v) is 2.92. The maximum absolute atomic E-state index is 11.3. The predicted octanol–water partition coefficient (Wildman–Crippen LogP) is 1.28. The van der Waals surface area contributed by atoms with E-state index in [0.29, 0.717) is 18.2 Å². The lowest BCUT2D eigenvalue weighted by Gasteiger charge is -2.32. The van der Waals surface area contributed by atoms with Gasteiger partial charge in [-0.05, 0) is 36.3 Å². The molecule has 1 fully saturated rings. The third-order valence-electron chi connectivity index (χ3n) is 3.98. The molecular formula is C12H20N4O2. The maximum atomic E-state index is 11.3. The second kappa shape index (κ2) is 5.46. The molecule has 3 atom stereocenters. The first-order chi connectivity index (χ1) is 8.60. The number of hydrogen-bond acceptors (Lipinski definition) is 4. The molecular weight excluding hydrogens is 232 g/mol. The van der Waals surface area contributed by atoms with Gasteiger partial charge in [0.05, 0.1) is 13.0 Å². The number of carboxylic acids is 1.